The van der Waals surface area contributed by atoms with Crippen molar-refractivity contribution in [3.05, 3.63) is 59.7 Å². The summed E-state index contributed by atoms with van der Waals surface area (Å²) >= 11 is 0. The van der Waals surface area contributed by atoms with Crippen LogP contribution in [0.2, 0.25) is 0 Å². The van der Waals surface area contributed by atoms with Gasteiger partial charge >= 0.3 is 0 Å². The lowest BCUT2D eigenvalue weighted by Crippen LogP contribution is -2.27. The van der Waals surface area contributed by atoms with E-state index in [0.29, 0.717) is 6.42 Å². The molecule has 3 heteroatoms. The second-order valence-electron chi connectivity index (χ2n) is 5.73. The van der Waals surface area contributed by atoms with Gasteiger partial charge in [-0.1, -0.05) is 37.3 Å². The van der Waals surface area contributed by atoms with E-state index in [0.717, 1.165) is 25.2 Å². The highest BCUT2D eigenvalue weighted by atomic mass is 16.1. The quantitative estimate of drug-likeness (QED) is 0.821. The van der Waals surface area contributed by atoms with E-state index in [1.54, 1.807) is 0 Å². The van der Waals surface area contributed by atoms with Gasteiger partial charge in [-0.25, -0.2) is 0 Å². The summed E-state index contributed by atoms with van der Waals surface area (Å²) < 4.78 is 0. The van der Waals surface area contributed by atoms with Crippen LogP contribution in [0.3, 0.4) is 0 Å². The number of para-hydroxylation sites is 1. The Kier molecular flexibility index (Phi) is 6.21. The second kappa shape index (κ2) is 8.37. The van der Waals surface area contributed by atoms with Crippen molar-refractivity contribution in [3.63, 3.8) is 0 Å². The van der Waals surface area contributed by atoms with Crippen LogP contribution in [0.1, 0.15) is 31.4 Å². The molecule has 0 aliphatic heterocycles. The van der Waals surface area contributed by atoms with Crippen molar-refractivity contribution in [1.29, 1.82) is 0 Å². The van der Waals surface area contributed by atoms with Crippen LogP contribution >= 0.6 is 0 Å². The number of benzene rings is 2. The first-order valence-corrected chi connectivity index (χ1v) is 8.33. The zero-order valence-corrected chi connectivity index (χ0v) is 14.3. The van der Waals surface area contributed by atoms with Crippen LogP contribution in [0.25, 0.3) is 0 Å². The number of nitrogens with zero attached hydrogens (tertiary/aromatic N) is 1. The lowest BCUT2D eigenvalue weighted by Gasteiger charge is -2.23. The third-order valence-electron chi connectivity index (χ3n) is 4.03. The summed E-state index contributed by atoms with van der Waals surface area (Å²) in [4.78, 5) is 14.5. The Morgan fingerprint density at radius 3 is 2.57 bits per heavy atom. The standard InChI is InChI=1S/C20H26N2O/c1-4-17-10-6-7-12-19(17)21-20(23)13-14-22(5-2)18-11-8-9-16(3)15-18/h6-12,15H,4-5,13-14H2,1-3H3,(H,21,23). The van der Waals surface area contributed by atoms with Crippen molar-refractivity contribution < 1.29 is 4.79 Å². The van der Waals surface area contributed by atoms with Gasteiger partial charge in [0.25, 0.3) is 0 Å². The van der Waals surface area contributed by atoms with Crippen LogP contribution in [0.5, 0.6) is 0 Å². The zero-order valence-electron chi connectivity index (χ0n) is 14.3. The van der Waals surface area contributed by atoms with E-state index in [1.807, 2.05) is 18.2 Å². The third-order valence-corrected chi connectivity index (χ3v) is 4.03. The first-order chi connectivity index (χ1) is 11.1. The number of amides is 1. The maximum atomic E-state index is 12.3. The smallest absolute Gasteiger partial charge is 0.226 e. The lowest BCUT2D eigenvalue weighted by molar-refractivity contribution is -0.116. The average Bonchev–Trinajstić information content (AvgIpc) is 2.56. The minimum Gasteiger partial charge on any atom is -0.371 e. The molecule has 0 saturated carbocycles. The van der Waals surface area contributed by atoms with Crippen LogP contribution in [0.15, 0.2) is 48.5 Å². The van der Waals surface area contributed by atoms with Gasteiger partial charge in [-0.3, -0.25) is 4.79 Å². The Bertz CT molecular complexity index is 652. The predicted molar refractivity (Wildman–Crippen MR) is 98.1 cm³/mol. The molecule has 2 aromatic rings. The molecule has 0 bridgehead atoms. The van der Waals surface area contributed by atoms with Crippen LogP contribution in [-0.4, -0.2) is 19.0 Å². The summed E-state index contributed by atoms with van der Waals surface area (Å²) in [6.45, 7) is 7.92. The zero-order chi connectivity index (χ0) is 16.7. The summed E-state index contributed by atoms with van der Waals surface area (Å²) in [7, 11) is 0. The average molecular weight is 310 g/mol. The maximum absolute atomic E-state index is 12.3. The molecular formula is C20H26N2O. The van der Waals surface area contributed by atoms with Crippen molar-refractivity contribution in [2.45, 2.75) is 33.6 Å². The highest BCUT2D eigenvalue weighted by Gasteiger charge is 2.09. The highest BCUT2D eigenvalue weighted by molar-refractivity contribution is 5.91. The van der Waals surface area contributed by atoms with Gasteiger partial charge in [0.15, 0.2) is 0 Å². The van der Waals surface area contributed by atoms with Gasteiger partial charge < -0.3 is 10.2 Å². The van der Waals surface area contributed by atoms with Gasteiger partial charge in [0.2, 0.25) is 5.91 Å². The summed E-state index contributed by atoms with van der Waals surface area (Å²) in [5, 5.41) is 3.04. The Hall–Kier alpha value is -2.29. The van der Waals surface area contributed by atoms with E-state index < -0.39 is 0 Å². The minimum absolute atomic E-state index is 0.0667. The van der Waals surface area contributed by atoms with Crippen molar-refractivity contribution in [2.75, 3.05) is 23.3 Å². The largest absolute Gasteiger partial charge is 0.371 e. The van der Waals surface area contributed by atoms with Crippen LogP contribution in [-0.2, 0) is 11.2 Å². The Balaban J connectivity index is 1.95. The van der Waals surface area contributed by atoms with Crippen molar-refractivity contribution >= 4 is 17.3 Å². The fraction of sp³-hybridized carbons (Fsp3) is 0.350. The van der Waals surface area contributed by atoms with Gasteiger partial charge in [-0.05, 0) is 49.6 Å². The first kappa shape index (κ1) is 17.1. The van der Waals surface area contributed by atoms with Crippen LogP contribution in [0, 0.1) is 6.92 Å². The fourth-order valence-electron chi connectivity index (χ4n) is 2.69. The molecule has 0 heterocycles. The molecule has 1 amide bonds. The summed E-state index contributed by atoms with van der Waals surface area (Å²) in [5.41, 5.74) is 4.52. The molecule has 0 saturated heterocycles. The van der Waals surface area contributed by atoms with Crippen LogP contribution in [0.4, 0.5) is 11.4 Å². The number of carbonyl (C=O) groups is 1. The molecule has 122 valence electrons. The molecule has 0 atom stereocenters. The summed E-state index contributed by atoms with van der Waals surface area (Å²) in [5.74, 6) is 0.0667. The number of nitrogens with one attached hydrogen (secondary N) is 1. The Labute approximate surface area is 139 Å². The number of hydrogen-bond donors (Lipinski definition) is 1. The Morgan fingerprint density at radius 1 is 1.09 bits per heavy atom. The molecular weight excluding hydrogens is 284 g/mol. The summed E-state index contributed by atoms with van der Waals surface area (Å²) in [6, 6.07) is 16.4. The molecule has 0 fully saturated rings. The van der Waals surface area contributed by atoms with E-state index in [-0.39, 0.29) is 5.91 Å². The minimum atomic E-state index is 0.0667. The van der Waals surface area contributed by atoms with E-state index >= 15 is 0 Å². The predicted octanol–water partition coefficient (Wildman–Crippen LogP) is 4.41. The first-order valence-electron chi connectivity index (χ1n) is 8.33. The third kappa shape index (κ3) is 4.85. The number of rotatable bonds is 7. The monoisotopic (exact) mass is 310 g/mol. The molecule has 0 radical (unpaired) electrons. The van der Waals surface area contributed by atoms with Gasteiger partial charge in [-0.15, -0.1) is 0 Å². The molecule has 0 unspecified atom stereocenters. The molecule has 3 nitrogen and oxygen atoms in total. The molecule has 1 N–H and O–H groups in total. The second-order valence-corrected chi connectivity index (χ2v) is 5.73. The normalized spacial score (nSPS) is 10.4. The highest BCUT2D eigenvalue weighted by Crippen LogP contribution is 2.18. The number of aryl methyl sites for hydroxylation is 2. The molecule has 0 spiro atoms. The van der Waals surface area contributed by atoms with E-state index in [2.05, 4.69) is 61.3 Å². The van der Waals surface area contributed by atoms with Gasteiger partial charge in [0, 0.05) is 30.9 Å². The number of carbonyl (C=O) groups excluding carboxylic acids is 1. The van der Waals surface area contributed by atoms with Crippen molar-refractivity contribution in [1.82, 2.24) is 0 Å². The SMILES string of the molecule is CCc1ccccc1NC(=O)CCN(CC)c1cccc(C)c1. The fourth-order valence-corrected chi connectivity index (χ4v) is 2.69. The van der Waals surface area contributed by atoms with E-state index in [4.69, 9.17) is 0 Å². The Morgan fingerprint density at radius 2 is 1.87 bits per heavy atom. The van der Waals surface area contributed by atoms with Gasteiger partial charge in [0.1, 0.15) is 0 Å². The molecule has 23 heavy (non-hydrogen) atoms. The molecule has 0 aliphatic carbocycles. The van der Waals surface area contributed by atoms with Crippen LogP contribution < -0.4 is 10.2 Å². The van der Waals surface area contributed by atoms with E-state index in [9.17, 15) is 4.79 Å². The van der Waals surface area contributed by atoms with Crippen molar-refractivity contribution in [2.24, 2.45) is 0 Å². The van der Waals surface area contributed by atoms with E-state index in [1.165, 1.54) is 16.8 Å². The van der Waals surface area contributed by atoms with Gasteiger partial charge in [-0.2, -0.15) is 0 Å². The van der Waals surface area contributed by atoms with Crippen molar-refractivity contribution in [3.8, 4) is 0 Å². The summed E-state index contributed by atoms with van der Waals surface area (Å²) in [6.07, 6.45) is 1.40. The maximum Gasteiger partial charge on any atom is 0.226 e. The molecule has 2 rings (SSSR count). The number of hydrogen-bond acceptors (Lipinski definition) is 2. The number of anilines is 2. The molecule has 0 aromatic heterocycles. The van der Waals surface area contributed by atoms with Gasteiger partial charge in [0.05, 0.1) is 0 Å². The molecule has 2 aromatic carbocycles. The molecule has 0 aliphatic rings. The lowest BCUT2D eigenvalue weighted by atomic mass is 10.1. The topological polar surface area (TPSA) is 32.3 Å².